The quantitative estimate of drug-likeness (QED) is 0.607. The van der Waals surface area contributed by atoms with Gasteiger partial charge in [0.25, 0.3) is 0 Å². The molecule has 2 aromatic rings. The van der Waals surface area contributed by atoms with E-state index >= 15 is 0 Å². The molecule has 4 aliphatic carbocycles. The van der Waals surface area contributed by atoms with Crippen molar-refractivity contribution in [1.29, 1.82) is 0 Å². The Balaban J connectivity index is 1.31. The number of ketones is 2. The molecule has 2 aromatic carbocycles. The van der Waals surface area contributed by atoms with Crippen LogP contribution < -0.4 is 10.1 Å². The molecule has 1 N–H and O–H groups in total. The Morgan fingerprint density at radius 1 is 0.629 bits per heavy atom. The van der Waals surface area contributed by atoms with Gasteiger partial charge in [-0.3, -0.25) is 9.59 Å². The number of benzene rings is 2. The SMILES string of the molecule is O=C1C2CCCCC2C2NC3C4CCCCC4C(=O)C3C(c3cccc(Oc4ccccc4)c3)C12. The van der Waals surface area contributed by atoms with Gasteiger partial charge in [0.1, 0.15) is 23.1 Å². The van der Waals surface area contributed by atoms with Gasteiger partial charge in [-0.2, -0.15) is 0 Å². The van der Waals surface area contributed by atoms with Gasteiger partial charge in [-0.05, 0) is 67.3 Å². The zero-order chi connectivity index (χ0) is 23.5. The van der Waals surface area contributed by atoms with Crippen molar-refractivity contribution in [2.75, 3.05) is 0 Å². The molecule has 1 heterocycles. The van der Waals surface area contributed by atoms with E-state index in [1.807, 2.05) is 42.5 Å². The Morgan fingerprint density at radius 3 is 1.83 bits per heavy atom. The predicted octanol–water partition coefficient (Wildman–Crippen LogP) is 5.91. The summed E-state index contributed by atoms with van der Waals surface area (Å²) < 4.78 is 6.19. The lowest BCUT2D eigenvalue weighted by Gasteiger charge is -2.45. The van der Waals surface area contributed by atoms with E-state index < -0.39 is 0 Å². The van der Waals surface area contributed by atoms with Crippen LogP contribution in [-0.4, -0.2) is 23.7 Å². The third kappa shape index (κ3) is 3.43. The molecule has 35 heavy (non-hydrogen) atoms. The second-order valence-electron chi connectivity index (χ2n) is 11.7. The Labute approximate surface area is 207 Å². The van der Waals surface area contributed by atoms with E-state index in [1.54, 1.807) is 0 Å². The highest BCUT2D eigenvalue weighted by molar-refractivity contribution is 5.93. The zero-order valence-corrected chi connectivity index (χ0v) is 20.3. The maximum atomic E-state index is 14.0. The number of para-hydroxylation sites is 1. The van der Waals surface area contributed by atoms with Crippen molar-refractivity contribution in [3.8, 4) is 11.5 Å². The van der Waals surface area contributed by atoms with Crippen LogP contribution in [0.5, 0.6) is 11.5 Å². The van der Waals surface area contributed by atoms with Crippen LogP contribution >= 0.6 is 0 Å². The largest absolute Gasteiger partial charge is 0.457 e. The van der Waals surface area contributed by atoms with Crippen LogP contribution in [0.2, 0.25) is 0 Å². The van der Waals surface area contributed by atoms with Crippen LogP contribution in [0.25, 0.3) is 0 Å². The molecule has 8 unspecified atom stereocenters. The van der Waals surface area contributed by atoms with E-state index in [4.69, 9.17) is 4.74 Å². The minimum Gasteiger partial charge on any atom is -0.457 e. The van der Waals surface area contributed by atoms with Crippen molar-refractivity contribution in [3.63, 3.8) is 0 Å². The highest BCUT2D eigenvalue weighted by atomic mass is 16.5. The molecule has 4 saturated carbocycles. The predicted molar refractivity (Wildman–Crippen MR) is 134 cm³/mol. The van der Waals surface area contributed by atoms with Crippen LogP contribution in [-0.2, 0) is 9.59 Å². The van der Waals surface area contributed by atoms with Gasteiger partial charge < -0.3 is 10.1 Å². The Hall–Kier alpha value is -2.46. The third-order valence-electron chi connectivity index (χ3n) is 10.1. The first kappa shape index (κ1) is 21.8. The smallest absolute Gasteiger partial charge is 0.141 e. The van der Waals surface area contributed by atoms with Gasteiger partial charge in [0.2, 0.25) is 0 Å². The Kier molecular flexibility index (Phi) is 5.34. The molecule has 0 amide bonds. The summed E-state index contributed by atoms with van der Waals surface area (Å²) in [6.07, 6.45) is 9.12. The maximum Gasteiger partial charge on any atom is 0.141 e. The van der Waals surface area contributed by atoms with Crippen LogP contribution in [0, 0.1) is 35.5 Å². The molecule has 8 atom stereocenters. The minimum atomic E-state index is -0.0968. The molecule has 1 aliphatic heterocycles. The first-order valence-electron chi connectivity index (χ1n) is 13.9. The van der Waals surface area contributed by atoms with Crippen molar-refractivity contribution in [3.05, 3.63) is 60.2 Å². The summed E-state index contributed by atoms with van der Waals surface area (Å²) in [5.74, 6) is 3.42. The summed E-state index contributed by atoms with van der Waals surface area (Å²) in [7, 11) is 0. The summed E-state index contributed by atoms with van der Waals surface area (Å²) in [6, 6.07) is 18.6. The summed E-state index contributed by atoms with van der Waals surface area (Å²) in [6.45, 7) is 0. The second kappa shape index (κ2) is 8.58. The van der Waals surface area contributed by atoms with E-state index in [1.165, 1.54) is 12.8 Å². The van der Waals surface area contributed by atoms with Gasteiger partial charge in [-0.15, -0.1) is 0 Å². The number of fused-ring (bicyclic) bond motifs is 6. The van der Waals surface area contributed by atoms with Gasteiger partial charge in [0.05, 0.1) is 0 Å². The lowest BCUT2D eigenvalue weighted by molar-refractivity contribution is -0.129. The summed E-state index contributed by atoms with van der Waals surface area (Å²) >= 11 is 0. The summed E-state index contributed by atoms with van der Waals surface area (Å²) in [5.41, 5.74) is 1.11. The van der Waals surface area contributed by atoms with Gasteiger partial charge in [-0.1, -0.05) is 56.0 Å². The van der Waals surface area contributed by atoms with Crippen molar-refractivity contribution in [1.82, 2.24) is 5.32 Å². The van der Waals surface area contributed by atoms with Crippen LogP contribution in [0.1, 0.15) is 62.8 Å². The zero-order valence-electron chi connectivity index (χ0n) is 20.3. The van der Waals surface area contributed by atoms with E-state index in [0.29, 0.717) is 23.4 Å². The molecule has 4 heteroatoms. The number of hydrogen-bond donors (Lipinski definition) is 1. The minimum absolute atomic E-state index is 0.0400. The molecule has 0 spiro atoms. The number of carbonyl (C=O) groups is 2. The summed E-state index contributed by atoms with van der Waals surface area (Å²) in [5, 5.41) is 4.02. The van der Waals surface area contributed by atoms with Gasteiger partial charge in [0.15, 0.2) is 0 Å². The van der Waals surface area contributed by atoms with Gasteiger partial charge in [-0.25, -0.2) is 0 Å². The molecule has 4 nitrogen and oxygen atoms in total. The van der Waals surface area contributed by atoms with Gasteiger partial charge in [0, 0.05) is 41.7 Å². The van der Waals surface area contributed by atoms with Crippen molar-refractivity contribution in [2.45, 2.75) is 69.4 Å². The molecule has 0 radical (unpaired) electrons. The first-order valence-corrected chi connectivity index (χ1v) is 13.9. The summed E-state index contributed by atoms with van der Waals surface area (Å²) in [4.78, 5) is 27.9. The van der Waals surface area contributed by atoms with E-state index in [0.717, 1.165) is 55.6 Å². The third-order valence-corrected chi connectivity index (χ3v) is 10.1. The monoisotopic (exact) mass is 469 g/mol. The van der Waals surface area contributed by atoms with Crippen molar-refractivity contribution >= 4 is 11.6 Å². The number of hydrogen-bond acceptors (Lipinski definition) is 4. The topological polar surface area (TPSA) is 55.4 Å². The molecule has 1 saturated heterocycles. The number of Topliss-reactive ketones (excluding diaryl/α,β-unsaturated/α-hetero) is 2. The molecule has 7 rings (SSSR count). The van der Waals surface area contributed by atoms with Crippen molar-refractivity contribution < 1.29 is 14.3 Å². The number of carbonyl (C=O) groups excluding carboxylic acids is 2. The van der Waals surface area contributed by atoms with Crippen LogP contribution in [0.3, 0.4) is 0 Å². The highest BCUT2D eigenvalue weighted by Crippen LogP contribution is 2.58. The number of piperidine rings is 1. The molecular weight excluding hydrogens is 434 g/mol. The second-order valence-corrected chi connectivity index (χ2v) is 11.7. The maximum absolute atomic E-state index is 14.0. The fourth-order valence-electron chi connectivity index (χ4n) is 8.79. The molecule has 5 aliphatic rings. The van der Waals surface area contributed by atoms with E-state index in [9.17, 15) is 9.59 Å². The van der Waals surface area contributed by atoms with Crippen molar-refractivity contribution in [2.24, 2.45) is 35.5 Å². The Bertz CT molecular complexity index is 1080. The molecule has 182 valence electrons. The van der Waals surface area contributed by atoms with Crippen LogP contribution in [0.4, 0.5) is 0 Å². The average molecular weight is 470 g/mol. The first-order chi connectivity index (χ1) is 17.2. The molecule has 0 bridgehead atoms. The Morgan fingerprint density at radius 2 is 1.20 bits per heavy atom. The number of nitrogens with one attached hydrogen (secondary N) is 1. The molecule has 0 aromatic heterocycles. The highest BCUT2D eigenvalue weighted by Gasteiger charge is 2.64. The number of ether oxygens (including phenoxy) is 1. The van der Waals surface area contributed by atoms with E-state index in [-0.39, 0.29) is 41.7 Å². The van der Waals surface area contributed by atoms with Gasteiger partial charge >= 0.3 is 0 Å². The number of rotatable bonds is 3. The van der Waals surface area contributed by atoms with Crippen LogP contribution in [0.15, 0.2) is 54.6 Å². The fraction of sp³-hybridized carbons (Fsp3) is 0.548. The van der Waals surface area contributed by atoms with E-state index in [2.05, 4.69) is 17.4 Å². The average Bonchev–Trinajstić information content (AvgIpc) is 3.35. The standard InChI is InChI=1S/C31H35NO3/c33-30-23-15-6-4-13-21(23)28-26(30)25(27-29(32-28)22-14-5-7-16-24(22)31(27)34)18-9-8-12-20(17-18)35-19-10-2-1-3-11-19/h1-3,8-12,17,21-29,32H,4-7,13-16H2. The molecular formula is C31H35NO3. The normalized spacial score (nSPS) is 39.9. The fourth-order valence-corrected chi connectivity index (χ4v) is 8.79. The molecule has 5 fully saturated rings. The lowest BCUT2D eigenvalue weighted by Crippen LogP contribution is -2.58. The lowest BCUT2D eigenvalue weighted by atomic mass is 9.67.